The zero-order valence-electron chi connectivity index (χ0n) is 12.6. The zero-order valence-corrected chi connectivity index (χ0v) is 12.6. The standard InChI is InChI=1S/C16H22N2O3/c1-11-8-17(16(19)20)9-12-4-3-5-14-13(10-21-2)6-7-18(11)15(12)14/h3-5,11,13H,6-10H2,1-2H3,(H,19,20). The van der Waals surface area contributed by atoms with Gasteiger partial charge < -0.3 is 19.6 Å². The second kappa shape index (κ2) is 5.56. The van der Waals surface area contributed by atoms with Gasteiger partial charge in [0.25, 0.3) is 0 Å². The Morgan fingerprint density at radius 3 is 3.00 bits per heavy atom. The van der Waals surface area contributed by atoms with E-state index in [1.54, 1.807) is 7.11 Å². The highest BCUT2D eigenvalue weighted by molar-refractivity contribution is 5.69. The van der Waals surface area contributed by atoms with Crippen LogP contribution in [0.5, 0.6) is 0 Å². The predicted octanol–water partition coefficient (Wildman–Crippen LogP) is 2.51. The Kier molecular flexibility index (Phi) is 3.76. The van der Waals surface area contributed by atoms with Crippen LogP contribution in [-0.2, 0) is 11.3 Å². The van der Waals surface area contributed by atoms with Gasteiger partial charge in [-0.1, -0.05) is 18.2 Å². The molecule has 5 heteroatoms. The van der Waals surface area contributed by atoms with E-state index in [9.17, 15) is 9.90 Å². The molecule has 1 amide bonds. The minimum absolute atomic E-state index is 0.201. The fourth-order valence-corrected chi connectivity index (χ4v) is 3.63. The molecule has 0 saturated heterocycles. The number of amides is 1. The molecule has 114 valence electrons. The molecule has 0 saturated carbocycles. The number of carbonyl (C=O) groups is 1. The molecule has 21 heavy (non-hydrogen) atoms. The summed E-state index contributed by atoms with van der Waals surface area (Å²) in [6, 6.07) is 6.45. The van der Waals surface area contributed by atoms with E-state index in [0.717, 1.165) is 25.1 Å². The Balaban J connectivity index is 2.05. The third kappa shape index (κ3) is 2.46. The maximum atomic E-state index is 11.4. The first-order valence-electron chi connectivity index (χ1n) is 7.47. The highest BCUT2D eigenvalue weighted by Crippen LogP contribution is 2.40. The minimum Gasteiger partial charge on any atom is -0.465 e. The summed E-state index contributed by atoms with van der Waals surface area (Å²) in [5.74, 6) is 0.407. The monoisotopic (exact) mass is 290 g/mol. The van der Waals surface area contributed by atoms with Gasteiger partial charge in [-0.15, -0.1) is 0 Å². The number of carboxylic acid groups (broad SMARTS) is 1. The van der Waals surface area contributed by atoms with Gasteiger partial charge in [0.05, 0.1) is 13.2 Å². The van der Waals surface area contributed by atoms with Crippen molar-refractivity contribution in [2.24, 2.45) is 0 Å². The smallest absolute Gasteiger partial charge is 0.407 e. The number of nitrogens with zero attached hydrogens (tertiary/aromatic N) is 2. The van der Waals surface area contributed by atoms with E-state index in [4.69, 9.17) is 4.74 Å². The van der Waals surface area contributed by atoms with Gasteiger partial charge >= 0.3 is 6.09 Å². The van der Waals surface area contributed by atoms with Gasteiger partial charge in [0, 0.05) is 37.8 Å². The lowest BCUT2D eigenvalue weighted by Crippen LogP contribution is -2.44. The summed E-state index contributed by atoms with van der Waals surface area (Å²) >= 11 is 0. The lowest BCUT2D eigenvalue weighted by molar-refractivity contribution is 0.141. The van der Waals surface area contributed by atoms with Gasteiger partial charge in [-0.2, -0.15) is 0 Å². The topological polar surface area (TPSA) is 53.0 Å². The Hall–Kier alpha value is -1.75. The van der Waals surface area contributed by atoms with Crippen molar-refractivity contribution < 1.29 is 14.6 Å². The predicted molar refractivity (Wildman–Crippen MR) is 80.9 cm³/mol. The van der Waals surface area contributed by atoms with E-state index in [2.05, 4.69) is 24.0 Å². The molecule has 5 nitrogen and oxygen atoms in total. The molecule has 0 spiro atoms. The second-order valence-corrected chi connectivity index (χ2v) is 6.00. The Bertz CT molecular complexity index is 546. The molecule has 0 bridgehead atoms. The maximum Gasteiger partial charge on any atom is 0.407 e. The van der Waals surface area contributed by atoms with Crippen LogP contribution in [0, 0.1) is 0 Å². The molecule has 0 aliphatic carbocycles. The summed E-state index contributed by atoms with van der Waals surface area (Å²) in [6.45, 7) is 4.82. The first-order chi connectivity index (χ1) is 10.1. The van der Waals surface area contributed by atoms with Crippen LogP contribution in [0.4, 0.5) is 10.5 Å². The normalized spacial score (nSPS) is 24.5. The molecule has 2 heterocycles. The van der Waals surface area contributed by atoms with Crippen molar-refractivity contribution in [2.45, 2.75) is 31.8 Å². The van der Waals surface area contributed by atoms with Crippen LogP contribution >= 0.6 is 0 Å². The van der Waals surface area contributed by atoms with E-state index < -0.39 is 6.09 Å². The van der Waals surface area contributed by atoms with Crippen molar-refractivity contribution in [2.75, 3.05) is 31.7 Å². The number of anilines is 1. The van der Waals surface area contributed by atoms with E-state index >= 15 is 0 Å². The lowest BCUT2D eigenvalue weighted by atomic mass is 9.88. The molecule has 2 aliphatic heterocycles. The first kappa shape index (κ1) is 14.2. The molecule has 2 atom stereocenters. The van der Waals surface area contributed by atoms with Crippen molar-refractivity contribution in [1.82, 2.24) is 4.90 Å². The molecule has 1 aromatic carbocycles. The molecule has 0 fully saturated rings. The summed E-state index contributed by atoms with van der Waals surface area (Å²) in [6.07, 6.45) is 0.217. The van der Waals surface area contributed by atoms with Crippen molar-refractivity contribution >= 4 is 11.8 Å². The molecule has 1 aromatic rings. The van der Waals surface area contributed by atoms with Crippen LogP contribution in [0.1, 0.15) is 30.4 Å². The van der Waals surface area contributed by atoms with E-state index in [0.29, 0.717) is 19.0 Å². The number of hydrogen-bond donors (Lipinski definition) is 1. The molecule has 2 aliphatic rings. The van der Waals surface area contributed by atoms with Gasteiger partial charge in [0.2, 0.25) is 0 Å². The van der Waals surface area contributed by atoms with Gasteiger partial charge in [0.15, 0.2) is 0 Å². The van der Waals surface area contributed by atoms with Crippen LogP contribution in [0.25, 0.3) is 0 Å². The van der Waals surface area contributed by atoms with Gasteiger partial charge in [0.1, 0.15) is 0 Å². The fraction of sp³-hybridized carbons (Fsp3) is 0.562. The summed E-state index contributed by atoms with van der Waals surface area (Å²) in [7, 11) is 1.74. The number of ether oxygens (including phenoxy) is 1. The molecule has 1 N–H and O–H groups in total. The third-order valence-corrected chi connectivity index (χ3v) is 4.61. The van der Waals surface area contributed by atoms with E-state index in [-0.39, 0.29) is 6.04 Å². The summed E-state index contributed by atoms with van der Waals surface area (Å²) in [5, 5.41) is 9.37. The van der Waals surface area contributed by atoms with Crippen molar-refractivity contribution in [1.29, 1.82) is 0 Å². The molecule has 0 radical (unpaired) electrons. The van der Waals surface area contributed by atoms with Crippen LogP contribution < -0.4 is 4.90 Å². The van der Waals surface area contributed by atoms with Crippen molar-refractivity contribution in [3.63, 3.8) is 0 Å². The average molecular weight is 290 g/mol. The molecule has 2 unspecified atom stereocenters. The highest BCUT2D eigenvalue weighted by Gasteiger charge is 2.34. The highest BCUT2D eigenvalue weighted by atomic mass is 16.5. The van der Waals surface area contributed by atoms with Crippen molar-refractivity contribution in [3.8, 4) is 0 Å². The molecule has 3 rings (SSSR count). The van der Waals surface area contributed by atoms with E-state index in [1.165, 1.54) is 16.2 Å². The number of hydrogen-bond acceptors (Lipinski definition) is 3. The van der Waals surface area contributed by atoms with Gasteiger partial charge in [-0.25, -0.2) is 4.79 Å². The minimum atomic E-state index is -0.840. The SMILES string of the molecule is COCC1CCN2c3c(cccc31)CN(C(=O)O)CC2C. The van der Waals surface area contributed by atoms with Crippen molar-refractivity contribution in [3.05, 3.63) is 29.3 Å². The Morgan fingerprint density at radius 1 is 1.48 bits per heavy atom. The maximum absolute atomic E-state index is 11.4. The largest absolute Gasteiger partial charge is 0.465 e. The Labute approximate surface area is 125 Å². The summed E-state index contributed by atoms with van der Waals surface area (Å²) in [5.41, 5.74) is 3.65. The van der Waals surface area contributed by atoms with E-state index in [1.807, 2.05) is 6.07 Å². The fourth-order valence-electron chi connectivity index (χ4n) is 3.63. The Morgan fingerprint density at radius 2 is 2.29 bits per heavy atom. The molecular weight excluding hydrogens is 268 g/mol. The number of methoxy groups -OCH3 is 1. The van der Waals surface area contributed by atoms with Crippen LogP contribution in [0.15, 0.2) is 18.2 Å². The number of rotatable bonds is 2. The molecular formula is C16H22N2O3. The number of benzene rings is 1. The lowest BCUT2D eigenvalue weighted by Gasteiger charge is -2.39. The summed E-state index contributed by atoms with van der Waals surface area (Å²) in [4.78, 5) is 15.3. The quantitative estimate of drug-likeness (QED) is 0.909. The average Bonchev–Trinajstić information content (AvgIpc) is 2.61. The van der Waals surface area contributed by atoms with Gasteiger partial charge in [-0.3, -0.25) is 0 Å². The first-order valence-corrected chi connectivity index (χ1v) is 7.47. The summed E-state index contributed by atoms with van der Waals surface area (Å²) < 4.78 is 5.36. The van der Waals surface area contributed by atoms with Crippen LogP contribution in [0.2, 0.25) is 0 Å². The number of para-hydroxylation sites is 1. The van der Waals surface area contributed by atoms with Crippen LogP contribution in [-0.4, -0.2) is 48.9 Å². The van der Waals surface area contributed by atoms with Crippen LogP contribution in [0.3, 0.4) is 0 Å². The third-order valence-electron chi connectivity index (χ3n) is 4.61. The van der Waals surface area contributed by atoms with Gasteiger partial charge in [-0.05, 0) is 24.5 Å². The molecule has 0 aromatic heterocycles. The zero-order chi connectivity index (χ0) is 15.0. The second-order valence-electron chi connectivity index (χ2n) is 6.00.